The SMILES string of the molecule is NC(=O)CNC(O)C(Cc1cnc[nH]1)NC(=O)CCc1ccc(-c2cc(-c3ccccc3)cs2)cc1. The number of nitrogens with one attached hydrogen (secondary N) is 3. The fourth-order valence-electron chi connectivity index (χ4n) is 3.86. The molecule has 0 fully saturated rings. The van der Waals surface area contributed by atoms with E-state index >= 15 is 0 Å². The molecule has 2 heterocycles. The predicted octanol–water partition coefficient (Wildman–Crippen LogP) is 2.86. The summed E-state index contributed by atoms with van der Waals surface area (Å²) in [6.45, 7) is -0.194. The molecule has 0 spiro atoms. The van der Waals surface area contributed by atoms with Gasteiger partial charge >= 0.3 is 0 Å². The topological polar surface area (TPSA) is 133 Å². The van der Waals surface area contributed by atoms with Gasteiger partial charge in [-0.05, 0) is 40.1 Å². The van der Waals surface area contributed by atoms with Gasteiger partial charge in [-0.25, -0.2) is 4.98 Å². The van der Waals surface area contributed by atoms with Crippen LogP contribution >= 0.6 is 11.3 Å². The minimum atomic E-state index is -1.14. The molecular weight excluding hydrogens is 474 g/mol. The van der Waals surface area contributed by atoms with Gasteiger partial charge in [0.25, 0.3) is 0 Å². The van der Waals surface area contributed by atoms with Crippen LogP contribution in [-0.2, 0) is 22.4 Å². The number of hydrogen-bond acceptors (Lipinski definition) is 6. The van der Waals surface area contributed by atoms with E-state index in [-0.39, 0.29) is 18.9 Å². The van der Waals surface area contributed by atoms with Crippen LogP contribution in [0.15, 0.2) is 78.6 Å². The molecule has 4 aromatic rings. The van der Waals surface area contributed by atoms with Gasteiger partial charge in [0.15, 0.2) is 0 Å². The van der Waals surface area contributed by atoms with Gasteiger partial charge in [0.05, 0.1) is 18.9 Å². The van der Waals surface area contributed by atoms with Gasteiger partial charge in [0.2, 0.25) is 11.8 Å². The first kappa shape index (κ1) is 25.3. The molecule has 2 aromatic heterocycles. The number of nitrogens with zero attached hydrogens (tertiary/aromatic N) is 1. The van der Waals surface area contributed by atoms with Crippen LogP contribution in [0.25, 0.3) is 21.6 Å². The number of nitrogens with two attached hydrogens (primary N) is 1. The minimum absolute atomic E-state index is 0.194. The molecule has 6 N–H and O–H groups in total. The first-order chi connectivity index (χ1) is 17.5. The Morgan fingerprint density at radius 2 is 1.83 bits per heavy atom. The number of aliphatic hydroxyl groups excluding tert-OH is 1. The summed E-state index contributed by atoms with van der Waals surface area (Å²) in [7, 11) is 0. The van der Waals surface area contributed by atoms with Crippen molar-refractivity contribution in [3.63, 3.8) is 0 Å². The maximum Gasteiger partial charge on any atom is 0.231 e. The van der Waals surface area contributed by atoms with E-state index in [1.807, 2.05) is 30.3 Å². The number of carbonyl (C=O) groups is 2. The molecule has 0 aliphatic heterocycles. The number of benzene rings is 2. The molecular formula is C27H29N5O3S. The van der Waals surface area contributed by atoms with Crippen molar-refractivity contribution in [3.05, 3.63) is 89.8 Å². The lowest BCUT2D eigenvalue weighted by molar-refractivity contribution is -0.122. The van der Waals surface area contributed by atoms with E-state index < -0.39 is 18.2 Å². The molecule has 4 rings (SSSR count). The Morgan fingerprint density at radius 1 is 1.06 bits per heavy atom. The van der Waals surface area contributed by atoms with E-state index in [1.54, 1.807) is 17.5 Å². The summed E-state index contributed by atoms with van der Waals surface area (Å²) in [6.07, 6.45) is 3.15. The second-order valence-electron chi connectivity index (χ2n) is 8.51. The zero-order valence-electron chi connectivity index (χ0n) is 19.7. The Labute approximate surface area is 213 Å². The highest BCUT2D eigenvalue weighted by atomic mass is 32.1. The number of imidazole rings is 1. The summed E-state index contributed by atoms with van der Waals surface area (Å²) in [4.78, 5) is 31.8. The third-order valence-corrected chi connectivity index (χ3v) is 6.77. The number of hydrogen-bond donors (Lipinski definition) is 5. The molecule has 8 nitrogen and oxygen atoms in total. The zero-order valence-corrected chi connectivity index (χ0v) is 20.5. The van der Waals surface area contributed by atoms with Crippen LogP contribution in [0.5, 0.6) is 0 Å². The molecule has 36 heavy (non-hydrogen) atoms. The number of carbonyl (C=O) groups excluding carboxylic acids is 2. The summed E-state index contributed by atoms with van der Waals surface area (Å²) in [5.41, 5.74) is 10.5. The van der Waals surface area contributed by atoms with Crippen LogP contribution < -0.4 is 16.4 Å². The maximum absolute atomic E-state index is 12.7. The van der Waals surface area contributed by atoms with Gasteiger partial charge in [-0.3, -0.25) is 14.9 Å². The number of primary amides is 1. The Bertz CT molecular complexity index is 1260. The standard InChI is InChI=1S/C27H29N5O3S/c28-25(33)15-30-27(35)23(13-22-14-29-17-31-22)32-26(34)11-8-18-6-9-20(10-7-18)24-12-21(16-36-24)19-4-2-1-3-5-19/h1-7,9-10,12,14,16-17,23,27,30,35H,8,11,13,15H2,(H2,28,33)(H,29,31)(H,32,34). The normalized spacial score (nSPS) is 12.7. The number of aryl methyl sites for hydroxylation is 1. The second kappa shape index (κ2) is 12.3. The van der Waals surface area contributed by atoms with Crippen LogP contribution in [0.2, 0.25) is 0 Å². The van der Waals surface area contributed by atoms with Crippen molar-refractivity contribution >= 4 is 23.2 Å². The number of aromatic amines is 1. The Kier molecular flexibility index (Phi) is 8.62. The summed E-state index contributed by atoms with van der Waals surface area (Å²) >= 11 is 1.71. The minimum Gasteiger partial charge on any atom is -0.376 e. The van der Waals surface area contributed by atoms with Crippen LogP contribution in [0.3, 0.4) is 0 Å². The summed E-state index contributed by atoms with van der Waals surface area (Å²) in [6, 6.07) is 20.1. The van der Waals surface area contributed by atoms with Crippen molar-refractivity contribution in [2.45, 2.75) is 31.5 Å². The molecule has 0 saturated heterocycles. The van der Waals surface area contributed by atoms with Gasteiger partial charge in [-0.1, -0.05) is 54.6 Å². The van der Waals surface area contributed by atoms with E-state index in [9.17, 15) is 14.7 Å². The highest BCUT2D eigenvalue weighted by molar-refractivity contribution is 7.14. The first-order valence-corrected chi connectivity index (χ1v) is 12.6. The van der Waals surface area contributed by atoms with E-state index in [0.29, 0.717) is 12.8 Å². The second-order valence-corrected chi connectivity index (χ2v) is 9.42. The van der Waals surface area contributed by atoms with E-state index in [4.69, 9.17) is 5.73 Å². The third kappa shape index (κ3) is 7.11. The van der Waals surface area contributed by atoms with Gasteiger partial charge in [-0.2, -0.15) is 0 Å². The number of rotatable bonds is 12. The van der Waals surface area contributed by atoms with Crippen molar-refractivity contribution in [1.29, 1.82) is 0 Å². The van der Waals surface area contributed by atoms with Crippen LogP contribution in [0.1, 0.15) is 17.7 Å². The van der Waals surface area contributed by atoms with Crippen molar-refractivity contribution in [1.82, 2.24) is 20.6 Å². The highest BCUT2D eigenvalue weighted by Gasteiger charge is 2.22. The summed E-state index contributed by atoms with van der Waals surface area (Å²) in [5.74, 6) is -0.794. The molecule has 0 aliphatic carbocycles. The van der Waals surface area contributed by atoms with Crippen LogP contribution in [0.4, 0.5) is 0 Å². The third-order valence-electron chi connectivity index (χ3n) is 5.79. The lowest BCUT2D eigenvalue weighted by Gasteiger charge is -2.24. The van der Waals surface area contributed by atoms with Crippen molar-refractivity contribution in [2.75, 3.05) is 6.54 Å². The number of thiophene rings is 1. The molecule has 2 aromatic carbocycles. The zero-order chi connectivity index (χ0) is 25.3. The van der Waals surface area contributed by atoms with Crippen molar-refractivity contribution in [2.24, 2.45) is 5.73 Å². The van der Waals surface area contributed by atoms with Crippen LogP contribution in [0, 0.1) is 0 Å². The molecule has 0 radical (unpaired) electrons. The molecule has 2 unspecified atom stereocenters. The lowest BCUT2D eigenvalue weighted by Crippen LogP contribution is -2.52. The molecule has 9 heteroatoms. The van der Waals surface area contributed by atoms with Gasteiger partial charge in [0.1, 0.15) is 6.23 Å². The molecule has 186 valence electrons. The van der Waals surface area contributed by atoms with Gasteiger partial charge in [0, 0.05) is 29.6 Å². The average Bonchev–Trinajstić information content (AvgIpc) is 3.59. The molecule has 2 amide bonds. The number of aromatic nitrogens is 2. The summed E-state index contributed by atoms with van der Waals surface area (Å²) < 4.78 is 0. The molecule has 0 aliphatic rings. The largest absolute Gasteiger partial charge is 0.376 e. The molecule has 0 bridgehead atoms. The smallest absolute Gasteiger partial charge is 0.231 e. The number of H-pyrrole nitrogens is 1. The lowest BCUT2D eigenvalue weighted by atomic mass is 10.0. The quantitative estimate of drug-likeness (QED) is 0.190. The average molecular weight is 504 g/mol. The Morgan fingerprint density at radius 3 is 2.53 bits per heavy atom. The van der Waals surface area contributed by atoms with Gasteiger partial charge in [-0.15, -0.1) is 11.3 Å². The fraction of sp³-hybridized carbons (Fsp3) is 0.222. The van der Waals surface area contributed by atoms with E-state index in [2.05, 4.69) is 56.3 Å². The maximum atomic E-state index is 12.7. The monoisotopic (exact) mass is 503 g/mol. The Hall–Kier alpha value is -3.79. The summed E-state index contributed by atoms with van der Waals surface area (Å²) in [5, 5.41) is 18.1. The Balaban J connectivity index is 1.32. The van der Waals surface area contributed by atoms with Crippen LogP contribution in [-0.4, -0.2) is 45.7 Å². The number of aliphatic hydroxyl groups is 1. The van der Waals surface area contributed by atoms with E-state index in [1.165, 1.54) is 22.3 Å². The number of amides is 2. The highest BCUT2D eigenvalue weighted by Crippen LogP contribution is 2.32. The van der Waals surface area contributed by atoms with Gasteiger partial charge < -0.3 is 21.1 Å². The first-order valence-electron chi connectivity index (χ1n) is 11.7. The van der Waals surface area contributed by atoms with Crippen molar-refractivity contribution in [3.8, 4) is 21.6 Å². The molecule has 2 atom stereocenters. The predicted molar refractivity (Wildman–Crippen MR) is 141 cm³/mol. The van der Waals surface area contributed by atoms with Crippen molar-refractivity contribution < 1.29 is 14.7 Å². The van der Waals surface area contributed by atoms with E-state index in [0.717, 1.165) is 16.8 Å². The molecule has 0 saturated carbocycles. The fourth-order valence-corrected chi connectivity index (χ4v) is 4.79.